The summed E-state index contributed by atoms with van der Waals surface area (Å²) >= 11 is 0. The standard InChI is InChI=1S/C19H20N2O4/c1-19(2)16(10-17(22)25-19)18(23)21-14-6-3-7-15(9-14)24-12-13-5-4-8-20-11-13/h3-9,11,16H,10,12H2,1-2H3,(H,21,23). The summed E-state index contributed by atoms with van der Waals surface area (Å²) in [6.45, 7) is 3.88. The molecule has 2 aromatic rings. The summed E-state index contributed by atoms with van der Waals surface area (Å²) in [5.41, 5.74) is 0.777. The largest absolute Gasteiger partial charge is 0.489 e. The minimum absolute atomic E-state index is 0.0933. The van der Waals surface area contributed by atoms with Gasteiger partial charge in [-0.25, -0.2) is 0 Å². The van der Waals surface area contributed by atoms with E-state index in [1.165, 1.54) is 0 Å². The molecule has 2 heterocycles. The van der Waals surface area contributed by atoms with Crippen molar-refractivity contribution >= 4 is 17.6 Å². The minimum atomic E-state index is -0.796. The monoisotopic (exact) mass is 340 g/mol. The second kappa shape index (κ2) is 6.93. The van der Waals surface area contributed by atoms with Crippen molar-refractivity contribution in [2.45, 2.75) is 32.5 Å². The number of nitrogens with one attached hydrogen (secondary N) is 1. The number of anilines is 1. The fourth-order valence-corrected chi connectivity index (χ4v) is 2.77. The van der Waals surface area contributed by atoms with E-state index < -0.39 is 11.5 Å². The Bertz CT molecular complexity index is 774. The molecule has 0 radical (unpaired) electrons. The van der Waals surface area contributed by atoms with Gasteiger partial charge >= 0.3 is 5.97 Å². The number of pyridine rings is 1. The van der Waals surface area contributed by atoms with E-state index in [4.69, 9.17) is 9.47 Å². The highest BCUT2D eigenvalue weighted by molar-refractivity contribution is 5.97. The summed E-state index contributed by atoms with van der Waals surface area (Å²) < 4.78 is 10.9. The third kappa shape index (κ3) is 4.15. The van der Waals surface area contributed by atoms with Crippen LogP contribution in [0.1, 0.15) is 25.8 Å². The molecule has 1 fully saturated rings. The molecule has 0 bridgehead atoms. The van der Waals surface area contributed by atoms with Crippen LogP contribution in [0.5, 0.6) is 5.75 Å². The van der Waals surface area contributed by atoms with Gasteiger partial charge in [0.2, 0.25) is 5.91 Å². The number of aromatic nitrogens is 1. The van der Waals surface area contributed by atoms with Crippen LogP contribution in [0.2, 0.25) is 0 Å². The van der Waals surface area contributed by atoms with Gasteiger partial charge in [0, 0.05) is 29.7 Å². The van der Waals surface area contributed by atoms with Crippen molar-refractivity contribution < 1.29 is 19.1 Å². The predicted molar refractivity (Wildman–Crippen MR) is 91.9 cm³/mol. The van der Waals surface area contributed by atoms with Crippen LogP contribution in [0.3, 0.4) is 0 Å². The van der Waals surface area contributed by atoms with Crippen molar-refractivity contribution in [3.8, 4) is 5.75 Å². The Morgan fingerprint density at radius 2 is 2.20 bits per heavy atom. The van der Waals surface area contributed by atoms with Crippen LogP contribution in [0.15, 0.2) is 48.8 Å². The van der Waals surface area contributed by atoms with Gasteiger partial charge in [0.1, 0.15) is 18.0 Å². The van der Waals surface area contributed by atoms with Gasteiger partial charge in [0.15, 0.2) is 0 Å². The normalized spacial score (nSPS) is 18.5. The van der Waals surface area contributed by atoms with Crippen molar-refractivity contribution in [2.24, 2.45) is 5.92 Å². The fourth-order valence-electron chi connectivity index (χ4n) is 2.77. The molecule has 1 aromatic heterocycles. The molecule has 1 saturated heterocycles. The molecule has 6 heteroatoms. The Morgan fingerprint density at radius 3 is 2.88 bits per heavy atom. The molecular weight excluding hydrogens is 320 g/mol. The Hall–Kier alpha value is -2.89. The van der Waals surface area contributed by atoms with Gasteiger partial charge in [-0.05, 0) is 32.0 Å². The van der Waals surface area contributed by atoms with Gasteiger partial charge in [0.05, 0.1) is 12.3 Å². The number of ether oxygens (including phenoxy) is 2. The highest BCUT2D eigenvalue weighted by Gasteiger charge is 2.46. The molecule has 1 aliphatic rings. The lowest BCUT2D eigenvalue weighted by Crippen LogP contribution is -2.36. The average molecular weight is 340 g/mol. The third-order valence-corrected chi connectivity index (χ3v) is 4.13. The topological polar surface area (TPSA) is 77.5 Å². The first-order valence-corrected chi connectivity index (χ1v) is 8.08. The number of amides is 1. The first-order valence-electron chi connectivity index (χ1n) is 8.08. The maximum atomic E-state index is 12.5. The zero-order valence-electron chi connectivity index (χ0n) is 14.2. The van der Waals surface area contributed by atoms with Crippen molar-refractivity contribution in [3.63, 3.8) is 0 Å². The summed E-state index contributed by atoms with van der Waals surface area (Å²) in [6.07, 6.45) is 3.54. The van der Waals surface area contributed by atoms with E-state index in [0.29, 0.717) is 18.0 Å². The number of carbonyl (C=O) groups excluding carboxylic acids is 2. The summed E-state index contributed by atoms with van der Waals surface area (Å²) in [5, 5.41) is 2.84. The lowest BCUT2D eigenvalue weighted by atomic mass is 9.90. The highest BCUT2D eigenvalue weighted by Crippen LogP contribution is 2.33. The molecule has 1 N–H and O–H groups in total. The van der Waals surface area contributed by atoms with E-state index in [1.807, 2.05) is 18.2 Å². The Labute approximate surface area is 146 Å². The molecule has 1 atom stereocenters. The number of rotatable bonds is 5. The van der Waals surface area contributed by atoms with Gasteiger partial charge in [-0.3, -0.25) is 14.6 Å². The molecule has 6 nitrogen and oxygen atoms in total. The number of benzene rings is 1. The van der Waals surface area contributed by atoms with Crippen LogP contribution in [0, 0.1) is 5.92 Å². The molecule has 0 spiro atoms. The Morgan fingerprint density at radius 1 is 1.36 bits per heavy atom. The zero-order chi connectivity index (χ0) is 17.9. The number of cyclic esters (lactones) is 1. The molecule has 3 rings (SSSR count). The van der Waals surface area contributed by atoms with Gasteiger partial charge in [-0.2, -0.15) is 0 Å². The van der Waals surface area contributed by atoms with E-state index >= 15 is 0 Å². The van der Waals surface area contributed by atoms with E-state index in [9.17, 15) is 9.59 Å². The Kier molecular flexibility index (Phi) is 4.70. The SMILES string of the molecule is CC1(C)OC(=O)CC1C(=O)Nc1cccc(OCc2cccnc2)c1. The molecular formula is C19H20N2O4. The summed E-state index contributed by atoms with van der Waals surface area (Å²) in [6, 6.07) is 10.9. The second-order valence-corrected chi connectivity index (χ2v) is 6.50. The molecule has 1 amide bonds. The molecule has 25 heavy (non-hydrogen) atoms. The van der Waals surface area contributed by atoms with Gasteiger partial charge < -0.3 is 14.8 Å². The molecule has 0 aliphatic carbocycles. The number of hydrogen-bond donors (Lipinski definition) is 1. The number of esters is 1. The second-order valence-electron chi connectivity index (χ2n) is 6.50. The number of carbonyl (C=O) groups is 2. The van der Waals surface area contributed by atoms with E-state index in [0.717, 1.165) is 5.56 Å². The quantitative estimate of drug-likeness (QED) is 0.847. The van der Waals surface area contributed by atoms with E-state index in [-0.39, 0.29) is 18.3 Å². The van der Waals surface area contributed by atoms with E-state index in [2.05, 4.69) is 10.3 Å². The van der Waals surface area contributed by atoms with Crippen molar-refractivity contribution in [1.82, 2.24) is 4.98 Å². The molecule has 130 valence electrons. The smallest absolute Gasteiger partial charge is 0.307 e. The molecule has 1 aliphatic heterocycles. The maximum Gasteiger partial charge on any atom is 0.307 e. The van der Waals surface area contributed by atoms with E-state index in [1.54, 1.807) is 44.4 Å². The predicted octanol–water partition coefficient (Wildman–Crippen LogP) is 2.94. The Balaban J connectivity index is 1.63. The number of hydrogen-bond acceptors (Lipinski definition) is 5. The van der Waals surface area contributed by atoms with Gasteiger partial charge in [-0.1, -0.05) is 12.1 Å². The van der Waals surface area contributed by atoms with Gasteiger partial charge in [-0.15, -0.1) is 0 Å². The number of nitrogens with zero attached hydrogens (tertiary/aromatic N) is 1. The van der Waals surface area contributed by atoms with Crippen LogP contribution in [0.25, 0.3) is 0 Å². The lowest BCUT2D eigenvalue weighted by Gasteiger charge is -2.23. The van der Waals surface area contributed by atoms with Crippen LogP contribution in [0.4, 0.5) is 5.69 Å². The summed E-state index contributed by atoms with van der Waals surface area (Å²) in [7, 11) is 0. The van der Waals surface area contributed by atoms with Crippen molar-refractivity contribution in [2.75, 3.05) is 5.32 Å². The van der Waals surface area contributed by atoms with Crippen molar-refractivity contribution in [3.05, 3.63) is 54.4 Å². The fraction of sp³-hybridized carbons (Fsp3) is 0.316. The van der Waals surface area contributed by atoms with Crippen molar-refractivity contribution in [1.29, 1.82) is 0 Å². The molecule has 1 aromatic carbocycles. The molecule has 1 unspecified atom stereocenters. The highest BCUT2D eigenvalue weighted by atomic mass is 16.6. The summed E-state index contributed by atoms with van der Waals surface area (Å²) in [5.74, 6) is -0.460. The minimum Gasteiger partial charge on any atom is -0.489 e. The first-order chi connectivity index (χ1) is 11.9. The van der Waals surface area contributed by atoms with Crippen LogP contribution in [-0.4, -0.2) is 22.5 Å². The van der Waals surface area contributed by atoms with Gasteiger partial charge in [0.25, 0.3) is 0 Å². The van der Waals surface area contributed by atoms with Crippen LogP contribution < -0.4 is 10.1 Å². The third-order valence-electron chi connectivity index (χ3n) is 4.13. The lowest BCUT2D eigenvalue weighted by molar-refractivity contribution is -0.147. The maximum absolute atomic E-state index is 12.5. The van der Waals surface area contributed by atoms with Crippen LogP contribution >= 0.6 is 0 Å². The zero-order valence-corrected chi connectivity index (χ0v) is 14.2. The summed E-state index contributed by atoms with van der Waals surface area (Å²) in [4.78, 5) is 28.0. The first kappa shape index (κ1) is 17.0. The average Bonchev–Trinajstić information content (AvgIpc) is 2.87. The molecule has 0 saturated carbocycles. The van der Waals surface area contributed by atoms with Crippen LogP contribution in [-0.2, 0) is 20.9 Å².